The second-order valence-corrected chi connectivity index (χ2v) is 6.86. The van der Waals surface area contributed by atoms with Crippen LogP contribution in [0.2, 0.25) is 0 Å². The number of carbonyl (C=O) groups is 1. The van der Waals surface area contributed by atoms with Crippen molar-refractivity contribution < 1.29 is 18.3 Å². The van der Waals surface area contributed by atoms with Crippen LogP contribution in [-0.2, 0) is 10.0 Å². The van der Waals surface area contributed by atoms with Crippen LogP contribution in [0, 0.1) is 0 Å². The molecular formula is C13H12N2O4S2. The summed E-state index contributed by atoms with van der Waals surface area (Å²) in [5.41, 5.74) is 0.0791. The molecule has 1 heterocycles. The van der Waals surface area contributed by atoms with E-state index in [-0.39, 0.29) is 10.5 Å². The minimum atomic E-state index is -3.56. The van der Waals surface area contributed by atoms with Crippen LogP contribution in [0.4, 0.5) is 0 Å². The van der Waals surface area contributed by atoms with Gasteiger partial charge < -0.3 is 5.11 Å². The molecule has 2 aromatic rings. The third-order valence-corrected chi connectivity index (χ3v) is 5.23. The van der Waals surface area contributed by atoms with Gasteiger partial charge in [0.1, 0.15) is 5.03 Å². The number of rotatable bonds is 5. The van der Waals surface area contributed by atoms with E-state index in [0.717, 1.165) is 11.8 Å². The topological polar surface area (TPSA) is 96.4 Å². The molecule has 0 amide bonds. The zero-order chi connectivity index (χ0) is 15.5. The molecule has 110 valence electrons. The number of carboxylic acids is 1. The first-order chi connectivity index (χ1) is 9.94. The third kappa shape index (κ3) is 3.60. The average molecular weight is 324 g/mol. The van der Waals surface area contributed by atoms with Gasteiger partial charge in [0.15, 0.2) is 0 Å². The predicted octanol–water partition coefficient (Wildman–Crippen LogP) is 1.84. The maximum atomic E-state index is 11.9. The number of sulfonamides is 1. The second kappa shape index (κ2) is 6.25. The molecule has 0 aliphatic heterocycles. The lowest BCUT2D eigenvalue weighted by molar-refractivity contribution is 0.0696. The summed E-state index contributed by atoms with van der Waals surface area (Å²) in [5, 5.41) is 9.33. The Hall–Kier alpha value is -1.90. The number of benzene rings is 1. The summed E-state index contributed by atoms with van der Waals surface area (Å²) in [7, 11) is -2.22. The van der Waals surface area contributed by atoms with E-state index in [0.29, 0.717) is 9.92 Å². The molecule has 2 N–H and O–H groups in total. The molecule has 1 aromatic heterocycles. The largest absolute Gasteiger partial charge is 0.478 e. The summed E-state index contributed by atoms with van der Waals surface area (Å²) in [6, 6.07) is 9.49. The van der Waals surface area contributed by atoms with E-state index in [9.17, 15) is 13.2 Å². The van der Waals surface area contributed by atoms with Gasteiger partial charge in [-0.05, 0) is 31.3 Å². The minimum Gasteiger partial charge on any atom is -0.478 e. The number of nitrogens with one attached hydrogen (secondary N) is 1. The smallest absolute Gasteiger partial charge is 0.337 e. The Bertz CT molecular complexity index is 758. The summed E-state index contributed by atoms with van der Waals surface area (Å²) in [6.07, 6.45) is 1.24. The van der Waals surface area contributed by atoms with E-state index in [2.05, 4.69) is 9.71 Å². The molecule has 0 aliphatic rings. The van der Waals surface area contributed by atoms with E-state index < -0.39 is 16.0 Å². The summed E-state index contributed by atoms with van der Waals surface area (Å²) >= 11 is 1.15. The Kier molecular flexibility index (Phi) is 4.61. The first kappa shape index (κ1) is 15.5. The van der Waals surface area contributed by atoms with Gasteiger partial charge >= 0.3 is 5.97 Å². The van der Waals surface area contributed by atoms with Crippen molar-refractivity contribution in [2.75, 3.05) is 7.05 Å². The number of nitrogens with zero attached hydrogens (tertiary/aromatic N) is 1. The summed E-state index contributed by atoms with van der Waals surface area (Å²) in [5.74, 6) is -1.06. The zero-order valence-electron chi connectivity index (χ0n) is 11.0. The maximum Gasteiger partial charge on any atom is 0.337 e. The lowest BCUT2D eigenvalue weighted by Gasteiger charge is -2.08. The average Bonchev–Trinajstić information content (AvgIpc) is 2.48. The number of hydrogen-bond acceptors (Lipinski definition) is 5. The fourth-order valence-corrected chi connectivity index (χ4v) is 3.59. The highest BCUT2D eigenvalue weighted by Gasteiger charge is 2.17. The highest BCUT2D eigenvalue weighted by molar-refractivity contribution is 8.00. The lowest BCUT2D eigenvalue weighted by atomic mass is 10.3. The number of pyridine rings is 1. The van der Waals surface area contributed by atoms with E-state index in [4.69, 9.17) is 5.11 Å². The standard InChI is InChI=1S/C13H12N2O4S2/c1-14-21(18,19)11-5-3-2-4-10(11)20-12-7-6-9(8-15-12)13(16)17/h2-8,14H,1H3,(H,16,17). The molecule has 0 bridgehead atoms. The van der Waals surface area contributed by atoms with Crippen molar-refractivity contribution in [2.24, 2.45) is 0 Å². The summed E-state index contributed by atoms with van der Waals surface area (Å²) in [6.45, 7) is 0. The Morgan fingerprint density at radius 1 is 1.24 bits per heavy atom. The molecule has 0 saturated heterocycles. The zero-order valence-corrected chi connectivity index (χ0v) is 12.6. The van der Waals surface area contributed by atoms with Crippen LogP contribution >= 0.6 is 11.8 Å². The summed E-state index contributed by atoms with van der Waals surface area (Å²) < 4.78 is 26.1. The monoisotopic (exact) mass is 324 g/mol. The molecule has 1 aromatic carbocycles. The van der Waals surface area contributed by atoms with Gasteiger partial charge in [0.2, 0.25) is 10.0 Å². The molecule has 0 saturated carbocycles. The molecule has 0 aliphatic carbocycles. The molecular weight excluding hydrogens is 312 g/mol. The normalized spacial score (nSPS) is 11.3. The molecule has 0 unspecified atom stereocenters. The van der Waals surface area contributed by atoms with Crippen molar-refractivity contribution in [3.8, 4) is 0 Å². The van der Waals surface area contributed by atoms with Crippen molar-refractivity contribution in [2.45, 2.75) is 14.8 Å². The predicted molar refractivity (Wildman–Crippen MR) is 78.0 cm³/mol. The van der Waals surface area contributed by atoms with Crippen LogP contribution in [-0.4, -0.2) is 31.5 Å². The van der Waals surface area contributed by atoms with E-state index in [1.807, 2.05) is 0 Å². The SMILES string of the molecule is CNS(=O)(=O)c1ccccc1Sc1ccc(C(=O)O)cn1. The van der Waals surface area contributed by atoms with Crippen LogP contribution in [0.15, 0.2) is 57.4 Å². The quantitative estimate of drug-likeness (QED) is 0.871. The van der Waals surface area contributed by atoms with Gasteiger partial charge in [-0.15, -0.1) is 0 Å². The molecule has 0 radical (unpaired) electrons. The van der Waals surface area contributed by atoms with Crippen LogP contribution in [0.25, 0.3) is 0 Å². The molecule has 21 heavy (non-hydrogen) atoms. The molecule has 0 atom stereocenters. The Morgan fingerprint density at radius 2 is 1.95 bits per heavy atom. The van der Waals surface area contributed by atoms with Gasteiger partial charge in [0.05, 0.1) is 10.5 Å². The number of carboxylic acid groups (broad SMARTS) is 1. The number of aromatic carboxylic acids is 1. The molecule has 6 nitrogen and oxygen atoms in total. The van der Waals surface area contributed by atoms with Crippen molar-refractivity contribution in [3.63, 3.8) is 0 Å². The van der Waals surface area contributed by atoms with Crippen molar-refractivity contribution >= 4 is 27.8 Å². The molecule has 0 fully saturated rings. The first-order valence-electron chi connectivity index (χ1n) is 5.84. The van der Waals surface area contributed by atoms with E-state index in [1.165, 1.54) is 31.4 Å². The van der Waals surface area contributed by atoms with Gasteiger partial charge in [-0.1, -0.05) is 23.9 Å². The van der Waals surface area contributed by atoms with Crippen molar-refractivity contribution in [3.05, 3.63) is 48.2 Å². The van der Waals surface area contributed by atoms with E-state index >= 15 is 0 Å². The van der Waals surface area contributed by atoms with E-state index in [1.54, 1.807) is 18.2 Å². The fourth-order valence-electron chi connectivity index (χ4n) is 1.55. The van der Waals surface area contributed by atoms with Gasteiger partial charge in [-0.25, -0.2) is 22.9 Å². The first-order valence-corrected chi connectivity index (χ1v) is 8.14. The maximum absolute atomic E-state index is 11.9. The van der Waals surface area contributed by atoms with Crippen molar-refractivity contribution in [1.82, 2.24) is 9.71 Å². The Morgan fingerprint density at radius 3 is 2.52 bits per heavy atom. The Labute approximate surface area is 126 Å². The number of aromatic nitrogens is 1. The highest BCUT2D eigenvalue weighted by Crippen LogP contribution is 2.31. The third-order valence-electron chi connectivity index (χ3n) is 2.61. The van der Waals surface area contributed by atoms with Crippen LogP contribution in [0.5, 0.6) is 0 Å². The fraction of sp³-hybridized carbons (Fsp3) is 0.0769. The Balaban J connectivity index is 2.34. The molecule has 2 rings (SSSR count). The second-order valence-electron chi connectivity index (χ2n) is 3.95. The van der Waals surface area contributed by atoms with Gasteiger partial charge in [-0.3, -0.25) is 0 Å². The van der Waals surface area contributed by atoms with Gasteiger partial charge in [0, 0.05) is 11.1 Å². The van der Waals surface area contributed by atoms with Gasteiger partial charge in [-0.2, -0.15) is 0 Å². The summed E-state index contributed by atoms with van der Waals surface area (Å²) in [4.78, 5) is 15.4. The molecule has 8 heteroatoms. The van der Waals surface area contributed by atoms with Crippen LogP contribution in [0.1, 0.15) is 10.4 Å². The van der Waals surface area contributed by atoms with Crippen molar-refractivity contribution in [1.29, 1.82) is 0 Å². The lowest BCUT2D eigenvalue weighted by Crippen LogP contribution is -2.19. The minimum absolute atomic E-state index is 0.0791. The number of hydrogen-bond donors (Lipinski definition) is 2. The molecule has 0 spiro atoms. The highest BCUT2D eigenvalue weighted by atomic mass is 32.2. The van der Waals surface area contributed by atoms with Gasteiger partial charge in [0.25, 0.3) is 0 Å². The van der Waals surface area contributed by atoms with Crippen LogP contribution < -0.4 is 4.72 Å². The van der Waals surface area contributed by atoms with Crippen LogP contribution in [0.3, 0.4) is 0 Å².